The lowest BCUT2D eigenvalue weighted by Gasteiger charge is -2.19. The summed E-state index contributed by atoms with van der Waals surface area (Å²) in [6.07, 6.45) is 2.30. The van der Waals surface area contributed by atoms with Crippen molar-refractivity contribution in [1.29, 1.82) is 0 Å². The monoisotopic (exact) mass is 289 g/mol. The molecule has 100 valence electrons. The molecule has 0 unspecified atom stereocenters. The first kappa shape index (κ1) is 15.2. The van der Waals surface area contributed by atoms with Crippen LogP contribution in [0.15, 0.2) is 12.3 Å². The number of carbonyl (C=O) groups is 1. The molecule has 0 saturated carbocycles. The lowest BCUT2D eigenvalue weighted by molar-refractivity contribution is 0.0790. The summed E-state index contributed by atoms with van der Waals surface area (Å²) in [5.41, 5.74) is 0.393. The Bertz CT molecular complexity index is 424. The van der Waals surface area contributed by atoms with Crippen LogP contribution in [0.1, 0.15) is 16.8 Å². The molecule has 18 heavy (non-hydrogen) atoms. The van der Waals surface area contributed by atoms with Gasteiger partial charge in [-0.2, -0.15) is 0 Å². The van der Waals surface area contributed by atoms with Crippen molar-refractivity contribution in [3.63, 3.8) is 0 Å². The molecule has 4 nitrogen and oxygen atoms in total. The summed E-state index contributed by atoms with van der Waals surface area (Å²) in [5.74, 6) is -0.136. The van der Waals surface area contributed by atoms with Crippen molar-refractivity contribution in [2.24, 2.45) is 0 Å². The summed E-state index contributed by atoms with van der Waals surface area (Å²) in [4.78, 5) is 19.7. The Hall–Kier alpha value is -0.840. The van der Waals surface area contributed by atoms with E-state index in [4.69, 9.17) is 23.2 Å². The molecule has 0 spiro atoms. The van der Waals surface area contributed by atoms with Crippen LogP contribution in [0.3, 0.4) is 0 Å². The number of pyridine rings is 1. The number of hydrogen-bond acceptors (Lipinski definition) is 3. The van der Waals surface area contributed by atoms with Crippen LogP contribution < -0.4 is 0 Å². The molecule has 0 aromatic carbocycles. The number of carbonyl (C=O) groups excluding carboxylic acids is 1. The van der Waals surface area contributed by atoms with Gasteiger partial charge in [-0.15, -0.1) is 0 Å². The van der Waals surface area contributed by atoms with Gasteiger partial charge in [-0.1, -0.05) is 23.2 Å². The van der Waals surface area contributed by atoms with Gasteiger partial charge >= 0.3 is 0 Å². The molecule has 1 heterocycles. The fourth-order valence-corrected chi connectivity index (χ4v) is 1.85. The third-order valence-corrected chi connectivity index (χ3v) is 3.01. The van der Waals surface area contributed by atoms with Crippen LogP contribution in [0.25, 0.3) is 0 Å². The second-order valence-electron chi connectivity index (χ2n) is 4.37. The standard InChI is InChI=1S/C12H17Cl2N3O/c1-16(2)5-4-6-17(3)12(18)9-7-11(14)15-8-10(9)13/h7-8H,4-6H2,1-3H3. The minimum atomic E-state index is -0.136. The highest BCUT2D eigenvalue weighted by Gasteiger charge is 2.15. The third-order valence-electron chi connectivity index (χ3n) is 2.50. The molecule has 6 heteroatoms. The molecule has 1 aromatic rings. The van der Waals surface area contributed by atoms with Crippen LogP contribution in [0.5, 0.6) is 0 Å². The Morgan fingerprint density at radius 3 is 2.56 bits per heavy atom. The molecule has 0 aliphatic heterocycles. The molecule has 1 amide bonds. The average Bonchev–Trinajstić information content (AvgIpc) is 2.30. The fraction of sp³-hybridized carbons (Fsp3) is 0.500. The van der Waals surface area contributed by atoms with Crippen molar-refractivity contribution in [2.75, 3.05) is 34.2 Å². The zero-order valence-corrected chi connectivity index (χ0v) is 12.3. The molecule has 0 N–H and O–H groups in total. The molecule has 0 atom stereocenters. The van der Waals surface area contributed by atoms with Gasteiger partial charge in [-0.25, -0.2) is 4.98 Å². The van der Waals surface area contributed by atoms with Crippen LogP contribution in [-0.4, -0.2) is 54.9 Å². The lowest BCUT2D eigenvalue weighted by Crippen LogP contribution is -2.30. The maximum absolute atomic E-state index is 12.1. The minimum Gasteiger partial charge on any atom is -0.342 e. The van der Waals surface area contributed by atoms with E-state index in [1.165, 1.54) is 12.3 Å². The van der Waals surface area contributed by atoms with E-state index >= 15 is 0 Å². The van der Waals surface area contributed by atoms with Gasteiger partial charge in [-0.3, -0.25) is 4.79 Å². The number of nitrogens with zero attached hydrogens (tertiary/aromatic N) is 3. The average molecular weight is 290 g/mol. The van der Waals surface area contributed by atoms with Crippen molar-refractivity contribution in [3.8, 4) is 0 Å². The van der Waals surface area contributed by atoms with E-state index in [9.17, 15) is 4.79 Å². The SMILES string of the molecule is CN(C)CCCN(C)C(=O)c1cc(Cl)ncc1Cl. The Morgan fingerprint density at radius 1 is 1.28 bits per heavy atom. The molecular weight excluding hydrogens is 273 g/mol. The van der Waals surface area contributed by atoms with E-state index in [1.807, 2.05) is 14.1 Å². The topological polar surface area (TPSA) is 36.4 Å². The predicted octanol–water partition coefficient (Wildman–Crippen LogP) is 2.41. The van der Waals surface area contributed by atoms with Gasteiger partial charge in [0.1, 0.15) is 5.15 Å². The van der Waals surface area contributed by atoms with Gasteiger partial charge < -0.3 is 9.80 Å². The highest BCUT2D eigenvalue weighted by atomic mass is 35.5. The summed E-state index contributed by atoms with van der Waals surface area (Å²) in [6.45, 7) is 1.61. The predicted molar refractivity (Wildman–Crippen MR) is 74.4 cm³/mol. The van der Waals surface area contributed by atoms with Crippen LogP contribution in [-0.2, 0) is 0 Å². The first-order valence-electron chi connectivity index (χ1n) is 5.63. The molecule has 0 aliphatic rings. The second-order valence-corrected chi connectivity index (χ2v) is 5.16. The summed E-state index contributed by atoms with van der Waals surface area (Å²) in [5, 5.41) is 0.591. The van der Waals surface area contributed by atoms with Gasteiger partial charge in [0.25, 0.3) is 5.91 Å². The van der Waals surface area contributed by atoms with Gasteiger partial charge in [0.15, 0.2) is 0 Å². The Labute approximate surface area is 117 Å². The minimum absolute atomic E-state index is 0.136. The molecular formula is C12H17Cl2N3O. The largest absolute Gasteiger partial charge is 0.342 e. The van der Waals surface area contributed by atoms with E-state index < -0.39 is 0 Å². The third kappa shape index (κ3) is 4.44. The maximum Gasteiger partial charge on any atom is 0.255 e. The highest BCUT2D eigenvalue weighted by Crippen LogP contribution is 2.19. The smallest absolute Gasteiger partial charge is 0.255 e. The van der Waals surface area contributed by atoms with Gasteiger partial charge in [-0.05, 0) is 33.1 Å². The van der Waals surface area contributed by atoms with Crippen LogP contribution in [0, 0.1) is 0 Å². The van der Waals surface area contributed by atoms with Crippen LogP contribution in [0.2, 0.25) is 10.2 Å². The van der Waals surface area contributed by atoms with E-state index in [0.29, 0.717) is 17.1 Å². The zero-order chi connectivity index (χ0) is 13.7. The van der Waals surface area contributed by atoms with Crippen LogP contribution >= 0.6 is 23.2 Å². The molecule has 0 aliphatic carbocycles. The lowest BCUT2D eigenvalue weighted by atomic mass is 10.2. The summed E-state index contributed by atoms with van der Waals surface area (Å²) in [7, 11) is 5.76. The Morgan fingerprint density at radius 2 is 1.94 bits per heavy atom. The van der Waals surface area contributed by atoms with Crippen molar-refractivity contribution in [3.05, 3.63) is 28.0 Å². The van der Waals surface area contributed by atoms with Crippen molar-refractivity contribution < 1.29 is 4.79 Å². The van der Waals surface area contributed by atoms with E-state index in [2.05, 4.69) is 9.88 Å². The maximum atomic E-state index is 12.1. The molecule has 0 radical (unpaired) electrons. The molecule has 1 rings (SSSR count). The van der Waals surface area contributed by atoms with Gasteiger partial charge in [0.2, 0.25) is 0 Å². The van der Waals surface area contributed by atoms with Crippen molar-refractivity contribution >= 4 is 29.1 Å². The van der Waals surface area contributed by atoms with E-state index in [1.54, 1.807) is 11.9 Å². The number of aromatic nitrogens is 1. The quantitative estimate of drug-likeness (QED) is 0.781. The molecule has 0 saturated heterocycles. The number of hydrogen-bond donors (Lipinski definition) is 0. The first-order chi connectivity index (χ1) is 8.41. The number of halogens is 2. The second kappa shape index (κ2) is 6.92. The van der Waals surface area contributed by atoms with E-state index in [-0.39, 0.29) is 11.1 Å². The number of rotatable bonds is 5. The van der Waals surface area contributed by atoms with Crippen LogP contribution in [0.4, 0.5) is 0 Å². The molecule has 1 aromatic heterocycles. The molecule has 0 fully saturated rings. The fourth-order valence-electron chi connectivity index (χ4n) is 1.51. The van der Waals surface area contributed by atoms with Gasteiger partial charge in [0, 0.05) is 19.8 Å². The Kier molecular flexibility index (Phi) is 5.85. The van der Waals surface area contributed by atoms with Crippen molar-refractivity contribution in [1.82, 2.24) is 14.8 Å². The van der Waals surface area contributed by atoms with Crippen molar-refractivity contribution in [2.45, 2.75) is 6.42 Å². The summed E-state index contributed by atoms with van der Waals surface area (Å²) in [6, 6.07) is 1.49. The number of amides is 1. The summed E-state index contributed by atoms with van der Waals surface area (Å²) >= 11 is 11.7. The van der Waals surface area contributed by atoms with Gasteiger partial charge in [0.05, 0.1) is 10.6 Å². The molecule has 0 bridgehead atoms. The normalized spacial score (nSPS) is 10.8. The summed E-state index contributed by atoms with van der Waals surface area (Å²) < 4.78 is 0. The Balaban J connectivity index is 2.65. The zero-order valence-electron chi connectivity index (χ0n) is 10.8. The first-order valence-corrected chi connectivity index (χ1v) is 6.38. The van der Waals surface area contributed by atoms with E-state index in [0.717, 1.165) is 13.0 Å². The highest BCUT2D eigenvalue weighted by molar-refractivity contribution is 6.35.